The molecule has 2 aliphatic heterocycles. The van der Waals surface area contributed by atoms with E-state index in [9.17, 15) is 24.6 Å². The van der Waals surface area contributed by atoms with Crippen molar-refractivity contribution in [3.05, 3.63) is 81.9 Å². The average Bonchev–Trinajstić information content (AvgIpc) is 3.19. The maximum Gasteiger partial charge on any atom is 0.340 e. The predicted molar refractivity (Wildman–Crippen MR) is 149 cm³/mol. The van der Waals surface area contributed by atoms with Gasteiger partial charge in [0, 0.05) is 16.7 Å². The lowest BCUT2D eigenvalue weighted by molar-refractivity contribution is -0.119. The van der Waals surface area contributed by atoms with Crippen LogP contribution in [0.4, 0.5) is 0 Å². The number of fused-ring (bicyclic) bond motifs is 6. The van der Waals surface area contributed by atoms with Crippen LogP contribution in [0.15, 0.2) is 48.5 Å². The molecule has 37 heavy (non-hydrogen) atoms. The highest BCUT2D eigenvalue weighted by Crippen LogP contribution is 2.59. The summed E-state index contributed by atoms with van der Waals surface area (Å²) in [5, 5.41) is 27.0. The first kappa shape index (κ1) is 25.6. The van der Waals surface area contributed by atoms with Crippen LogP contribution in [0, 0.1) is 0 Å². The van der Waals surface area contributed by atoms with Crippen molar-refractivity contribution in [2.24, 2.45) is 0 Å². The highest BCUT2D eigenvalue weighted by Gasteiger charge is 2.54. The quantitative estimate of drug-likeness (QED) is 0.173. The van der Waals surface area contributed by atoms with Crippen molar-refractivity contribution in [2.45, 2.75) is 18.7 Å². The van der Waals surface area contributed by atoms with Crippen LogP contribution in [0.5, 0.6) is 23.0 Å². The zero-order valence-electron chi connectivity index (χ0n) is 19.1. The number of nitrogens with one attached hydrogen (secondary N) is 2. The first-order chi connectivity index (χ1) is 17.8. The number of halogens is 2. The van der Waals surface area contributed by atoms with E-state index in [0.717, 1.165) is 0 Å². The molecule has 0 unspecified atom stereocenters. The molecule has 9 nitrogen and oxygen atoms in total. The minimum Gasteiger partial charge on any atom is -0.507 e. The third-order valence-corrected chi connectivity index (χ3v) is 7.76. The van der Waals surface area contributed by atoms with Crippen molar-refractivity contribution in [1.29, 1.82) is 0 Å². The van der Waals surface area contributed by atoms with Gasteiger partial charge >= 0.3 is 5.97 Å². The Morgan fingerprint density at radius 3 is 1.81 bits per heavy atom. The van der Waals surface area contributed by atoms with Crippen molar-refractivity contribution in [2.75, 3.05) is 8.86 Å². The predicted octanol–water partition coefficient (Wildman–Crippen LogP) is 3.77. The van der Waals surface area contributed by atoms with E-state index in [4.69, 9.17) is 9.47 Å². The van der Waals surface area contributed by atoms with Gasteiger partial charge in [0.05, 0.1) is 38.6 Å². The van der Waals surface area contributed by atoms with Crippen molar-refractivity contribution in [3.8, 4) is 23.0 Å². The molecule has 11 heteroatoms. The van der Waals surface area contributed by atoms with Crippen LogP contribution in [-0.4, -0.2) is 36.9 Å². The van der Waals surface area contributed by atoms with E-state index in [1.165, 1.54) is 12.1 Å². The average molecular weight is 726 g/mol. The molecule has 2 aliphatic rings. The Labute approximate surface area is 238 Å². The van der Waals surface area contributed by atoms with Gasteiger partial charge in [-0.3, -0.25) is 9.59 Å². The zero-order valence-corrected chi connectivity index (χ0v) is 23.5. The van der Waals surface area contributed by atoms with Gasteiger partial charge in [0.25, 0.3) is 0 Å². The Morgan fingerprint density at radius 1 is 0.784 bits per heavy atom. The summed E-state index contributed by atoms with van der Waals surface area (Å²) in [6.45, 7) is -0.0882. The summed E-state index contributed by atoms with van der Waals surface area (Å²) in [6, 6.07) is 13.2. The van der Waals surface area contributed by atoms with Gasteiger partial charge in [-0.2, -0.15) is 0 Å². The number of alkyl halides is 2. The molecule has 0 atom stereocenters. The van der Waals surface area contributed by atoms with Crippen LogP contribution in [0.2, 0.25) is 0 Å². The van der Waals surface area contributed by atoms with E-state index in [1.807, 2.05) is 45.2 Å². The molecule has 190 valence electrons. The van der Waals surface area contributed by atoms with E-state index < -0.39 is 11.6 Å². The number of benzene rings is 3. The van der Waals surface area contributed by atoms with E-state index in [1.54, 1.807) is 36.4 Å². The fraction of sp³-hybridized carbons (Fsp3) is 0.192. The Balaban J connectivity index is 1.78. The normalized spacial score (nSPS) is 14.2. The van der Waals surface area contributed by atoms with Gasteiger partial charge in [-0.1, -0.05) is 63.4 Å². The Morgan fingerprint density at radius 2 is 1.30 bits per heavy atom. The number of hydrogen-bond acceptors (Lipinski definition) is 7. The second-order valence-electron chi connectivity index (χ2n) is 8.42. The molecule has 5 rings (SSSR count). The van der Waals surface area contributed by atoms with Gasteiger partial charge < -0.3 is 30.3 Å². The summed E-state index contributed by atoms with van der Waals surface area (Å²) in [4.78, 5) is 37.1. The lowest BCUT2D eigenvalue weighted by Gasteiger charge is -2.38. The van der Waals surface area contributed by atoms with Crippen LogP contribution < -0.4 is 15.4 Å². The maximum atomic E-state index is 13.1. The number of esters is 1. The Hall–Kier alpha value is -3.07. The highest BCUT2D eigenvalue weighted by molar-refractivity contribution is 14.1. The number of amides is 2. The molecular weight excluding hydrogens is 706 g/mol. The molecule has 0 bridgehead atoms. The third kappa shape index (κ3) is 4.17. The van der Waals surface area contributed by atoms with Gasteiger partial charge in [-0.05, 0) is 30.3 Å². The van der Waals surface area contributed by atoms with Crippen LogP contribution >= 0.6 is 45.2 Å². The number of phenols is 2. The molecule has 0 fully saturated rings. The molecular formula is C26H20I2N2O7. The summed E-state index contributed by atoms with van der Waals surface area (Å²) >= 11 is 3.87. The van der Waals surface area contributed by atoms with Crippen LogP contribution in [0.25, 0.3) is 0 Å². The molecule has 3 aromatic rings. The summed E-state index contributed by atoms with van der Waals surface area (Å²) < 4.78 is 12.9. The second-order valence-corrected chi connectivity index (χ2v) is 9.94. The zero-order chi connectivity index (χ0) is 26.3. The van der Waals surface area contributed by atoms with Gasteiger partial charge in [-0.15, -0.1) is 0 Å². The summed E-state index contributed by atoms with van der Waals surface area (Å²) in [7, 11) is 0. The summed E-state index contributed by atoms with van der Waals surface area (Å²) in [6.07, 6.45) is 0. The summed E-state index contributed by atoms with van der Waals surface area (Å²) in [5.74, 6) is -0.861. The first-order valence-electron chi connectivity index (χ1n) is 11.2. The Bertz CT molecular complexity index is 1380. The lowest BCUT2D eigenvalue weighted by Crippen LogP contribution is -2.34. The van der Waals surface area contributed by atoms with Gasteiger partial charge in [-0.25, -0.2) is 4.79 Å². The fourth-order valence-corrected chi connectivity index (χ4v) is 5.24. The molecule has 0 saturated carbocycles. The molecule has 0 radical (unpaired) electrons. The number of ether oxygens (including phenoxy) is 2. The van der Waals surface area contributed by atoms with Crippen molar-refractivity contribution in [3.63, 3.8) is 0 Å². The fourth-order valence-electron chi connectivity index (χ4n) is 4.70. The second kappa shape index (κ2) is 10.0. The minimum atomic E-state index is -1.44. The standard InChI is InChI=1S/C26H20I2N2O7/c27-9-21(33)29-11-14-19(31)7-5-17-23(14)36-24-15(12-30-22(34)10-28)20(32)8-6-18(24)26(17)16-4-2-1-3-13(16)25(35)37-26/h1-8,31-32H,9-12H2,(H,29,33)(H,30,34). The molecule has 0 aliphatic carbocycles. The monoisotopic (exact) mass is 726 g/mol. The summed E-state index contributed by atoms with van der Waals surface area (Å²) in [5.41, 5.74) is 1.000. The van der Waals surface area contributed by atoms with Gasteiger partial charge in [0.15, 0.2) is 5.60 Å². The number of rotatable bonds is 6. The van der Waals surface area contributed by atoms with Crippen molar-refractivity contribution in [1.82, 2.24) is 10.6 Å². The molecule has 0 saturated heterocycles. The number of hydrogen-bond donors (Lipinski definition) is 4. The molecule has 2 amide bonds. The first-order valence-corrected chi connectivity index (χ1v) is 14.2. The van der Waals surface area contributed by atoms with Crippen LogP contribution in [0.3, 0.4) is 0 Å². The van der Waals surface area contributed by atoms with E-state index in [2.05, 4.69) is 10.6 Å². The molecule has 2 heterocycles. The van der Waals surface area contributed by atoms with Crippen molar-refractivity contribution < 1.29 is 34.1 Å². The lowest BCUT2D eigenvalue weighted by atomic mass is 9.76. The van der Waals surface area contributed by atoms with E-state index in [-0.39, 0.29) is 67.9 Å². The van der Waals surface area contributed by atoms with Crippen molar-refractivity contribution >= 4 is 63.0 Å². The molecule has 3 aromatic carbocycles. The number of aromatic hydroxyl groups is 2. The molecule has 4 N–H and O–H groups in total. The number of carbonyl (C=O) groups is 3. The number of phenolic OH excluding ortho intramolecular Hbond substituents is 2. The van der Waals surface area contributed by atoms with E-state index in [0.29, 0.717) is 22.3 Å². The van der Waals surface area contributed by atoms with Gasteiger partial charge in [0.1, 0.15) is 23.0 Å². The highest BCUT2D eigenvalue weighted by atomic mass is 127. The van der Waals surface area contributed by atoms with Gasteiger partial charge in [0.2, 0.25) is 11.8 Å². The smallest absolute Gasteiger partial charge is 0.340 e. The topological polar surface area (TPSA) is 134 Å². The Kier molecular flexibility index (Phi) is 6.91. The molecule has 1 spiro atoms. The SMILES string of the molecule is O=C(CI)NCc1c(O)ccc2c1Oc1c(ccc(O)c1CNC(=O)CI)C21OC(=O)c2ccccc21. The number of carbonyl (C=O) groups excluding carboxylic acids is 3. The largest absolute Gasteiger partial charge is 0.507 e. The van der Waals surface area contributed by atoms with Crippen LogP contribution in [-0.2, 0) is 33.0 Å². The maximum absolute atomic E-state index is 13.1. The van der Waals surface area contributed by atoms with Crippen LogP contribution in [0.1, 0.15) is 38.2 Å². The van der Waals surface area contributed by atoms with E-state index >= 15 is 0 Å². The minimum absolute atomic E-state index is 0.0441. The third-order valence-electron chi connectivity index (χ3n) is 6.37. The molecule has 0 aromatic heterocycles.